The Kier molecular flexibility index (Phi) is 4.15. The molecule has 5 heteroatoms. The summed E-state index contributed by atoms with van der Waals surface area (Å²) in [5.74, 6) is 1.43. The molecule has 0 N–H and O–H groups in total. The van der Waals surface area contributed by atoms with E-state index in [-0.39, 0.29) is 5.92 Å². The average Bonchev–Trinajstić information content (AvgIpc) is 2.68. The minimum Gasteiger partial charge on any atom is -0.351 e. The Morgan fingerprint density at radius 2 is 1.92 bits per heavy atom. The van der Waals surface area contributed by atoms with Gasteiger partial charge in [0.05, 0.1) is 6.20 Å². The normalized spacial score (nSPS) is 21.2. The fourth-order valence-corrected chi connectivity index (χ4v) is 3.66. The Labute approximate surface area is 142 Å². The van der Waals surface area contributed by atoms with Crippen LogP contribution in [0.4, 0.5) is 5.82 Å². The molecule has 24 heavy (non-hydrogen) atoms. The largest absolute Gasteiger partial charge is 0.351 e. The van der Waals surface area contributed by atoms with Gasteiger partial charge in [0, 0.05) is 42.9 Å². The van der Waals surface area contributed by atoms with E-state index in [0.29, 0.717) is 5.91 Å². The molecule has 5 nitrogen and oxygen atoms in total. The fourth-order valence-electron chi connectivity index (χ4n) is 3.66. The van der Waals surface area contributed by atoms with Gasteiger partial charge in [0.15, 0.2) is 5.82 Å². The molecule has 1 amide bonds. The van der Waals surface area contributed by atoms with Crippen LogP contribution in [0.3, 0.4) is 0 Å². The van der Waals surface area contributed by atoms with Crippen LogP contribution < -0.4 is 4.90 Å². The molecule has 1 aromatic heterocycles. The van der Waals surface area contributed by atoms with E-state index >= 15 is 0 Å². The molecule has 2 aliphatic rings. The van der Waals surface area contributed by atoms with E-state index in [1.54, 1.807) is 6.20 Å². The van der Waals surface area contributed by atoms with Crippen LogP contribution in [0.25, 0.3) is 10.8 Å². The first-order valence-corrected chi connectivity index (χ1v) is 8.72. The number of carbonyl (C=O) groups excluding carboxylic acids is 1. The van der Waals surface area contributed by atoms with Crippen molar-refractivity contribution in [2.45, 2.75) is 19.3 Å². The number of allylic oxidation sites excluding steroid dienone is 2. The third-order valence-corrected chi connectivity index (χ3v) is 5.06. The molecule has 4 rings (SSSR count). The molecule has 0 spiro atoms. The van der Waals surface area contributed by atoms with Gasteiger partial charge in [-0.05, 0) is 19.3 Å². The van der Waals surface area contributed by atoms with Crippen molar-refractivity contribution in [3.63, 3.8) is 0 Å². The first kappa shape index (κ1) is 15.1. The number of nitrogens with zero attached hydrogens (tertiary/aromatic N) is 4. The van der Waals surface area contributed by atoms with Gasteiger partial charge in [0.1, 0.15) is 0 Å². The topological polar surface area (TPSA) is 49.3 Å². The smallest absolute Gasteiger partial charge is 0.226 e. The quantitative estimate of drug-likeness (QED) is 0.798. The van der Waals surface area contributed by atoms with Crippen molar-refractivity contribution in [1.29, 1.82) is 0 Å². The molecule has 2 aromatic rings. The maximum Gasteiger partial charge on any atom is 0.226 e. The van der Waals surface area contributed by atoms with Crippen LogP contribution in [0.15, 0.2) is 42.6 Å². The van der Waals surface area contributed by atoms with Gasteiger partial charge in [-0.1, -0.05) is 36.4 Å². The zero-order chi connectivity index (χ0) is 16.4. The Morgan fingerprint density at radius 3 is 2.71 bits per heavy atom. The SMILES string of the molecule is O=C([C@@H]1CC=CCC1)N1CCN(c2nncc3ccccc23)CC1. The molecule has 124 valence electrons. The van der Waals surface area contributed by atoms with Crippen molar-refractivity contribution < 1.29 is 4.79 Å². The molecular formula is C19H22N4O. The summed E-state index contributed by atoms with van der Waals surface area (Å²) in [7, 11) is 0. The predicted molar refractivity (Wildman–Crippen MR) is 94.8 cm³/mol. The van der Waals surface area contributed by atoms with Crippen LogP contribution >= 0.6 is 0 Å². The standard InChI is InChI=1S/C19H22N4O/c24-19(15-6-2-1-3-7-15)23-12-10-22(11-13-23)18-17-9-5-4-8-16(17)14-20-21-18/h1-2,4-5,8-9,14-15H,3,6-7,10-13H2/t15-/m1/s1. The van der Waals surface area contributed by atoms with Gasteiger partial charge in [-0.25, -0.2) is 0 Å². The van der Waals surface area contributed by atoms with Gasteiger partial charge < -0.3 is 9.80 Å². The number of amides is 1. The minimum absolute atomic E-state index is 0.180. The second-order valence-electron chi connectivity index (χ2n) is 6.55. The minimum atomic E-state index is 0.180. The van der Waals surface area contributed by atoms with Crippen LogP contribution in [-0.4, -0.2) is 47.2 Å². The van der Waals surface area contributed by atoms with Crippen molar-refractivity contribution >= 4 is 22.5 Å². The molecule has 1 saturated heterocycles. The van der Waals surface area contributed by atoms with E-state index in [0.717, 1.165) is 62.0 Å². The van der Waals surface area contributed by atoms with Crippen LogP contribution in [0.1, 0.15) is 19.3 Å². The third kappa shape index (κ3) is 2.86. The Hall–Kier alpha value is -2.43. The van der Waals surface area contributed by atoms with Gasteiger partial charge in [-0.15, -0.1) is 5.10 Å². The average molecular weight is 322 g/mol. The fraction of sp³-hybridized carbons (Fsp3) is 0.421. The second kappa shape index (κ2) is 6.59. The van der Waals surface area contributed by atoms with Gasteiger partial charge in [0.2, 0.25) is 5.91 Å². The Bertz CT molecular complexity index is 760. The molecule has 1 aliphatic heterocycles. The van der Waals surface area contributed by atoms with E-state index in [9.17, 15) is 4.79 Å². The molecule has 0 bridgehead atoms. The number of piperazine rings is 1. The summed E-state index contributed by atoms with van der Waals surface area (Å²) in [6.45, 7) is 3.17. The molecule has 1 aromatic carbocycles. The molecule has 0 radical (unpaired) electrons. The third-order valence-electron chi connectivity index (χ3n) is 5.06. The van der Waals surface area contributed by atoms with Crippen molar-refractivity contribution in [3.8, 4) is 0 Å². The van der Waals surface area contributed by atoms with Gasteiger partial charge in [0.25, 0.3) is 0 Å². The lowest BCUT2D eigenvalue weighted by atomic mass is 9.93. The number of aromatic nitrogens is 2. The lowest BCUT2D eigenvalue weighted by molar-refractivity contribution is -0.136. The highest BCUT2D eigenvalue weighted by atomic mass is 16.2. The van der Waals surface area contributed by atoms with E-state index in [1.807, 2.05) is 17.0 Å². The molecule has 2 heterocycles. The first-order valence-electron chi connectivity index (χ1n) is 8.72. The van der Waals surface area contributed by atoms with Gasteiger partial charge in [-0.2, -0.15) is 5.10 Å². The van der Waals surface area contributed by atoms with Crippen LogP contribution in [0, 0.1) is 5.92 Å². The zero-order valence-corrected chi connectivity index (χ0v) is 13.8. The lowest BCUT2D eigenvalue weighted by Crippen LogP contribution is -2.50. The van der Waals surface area contributed by atoms with Crippen molar-refractivity contribution in [2.24, 2.45) is 5.92 Å². The summed E-state index contributed by atoms with van der Waals surface area (Å²) in [5.41, 5.74) is 0. The summed E-state index contributed by atoms with van der Waals surface area (Å²) in [6, 6.07) is 8.20. The van der Waals surface area contributed by atoms with Crippen LogP contribution in [-0.2, 0) is 4.79 Å². The molecule has 1 atom stereocenters. The van der Waals surface area contributed by atoms with E-state index < -0.39 is 0 Å². The lowest BCUT2D eigenvalue weighted by Gasteiger charge is -2.37. The van der Waals surface area contributed by atoms with Crippen LogP contribution in [0.2, 0.25) is 0 Å². The van der Waals surface area contributed by atoms with Gasteiger partial charge in [-0.3, -0.25) is 4.79 Å². The number of fused-ring (bicyclic) bond motifs is 1. The number of anilines is 1. The number of rotatable bonds is 2. The second-order valence-corrected chi connectivity index (χ2v) is 6.55. The maximum atomic E-state index is 12.7. The number of carbonyl (C=O) groups is 1. The van der Waals surface area contributed by atoms with E-state index in [1.165, 1.54) is 0 Å². The molecular weight excluding hydrogens is 300 g/mol. The number of hydrogen-bond acceptors (Lipinski definition) is 4. The summed E-state index contributed by atoms with van der Waals surface area (Å²) in [5, 5.41) is 10.7. The zero-order valence-electron chi connectivity index (χ0n) is 13.8. The molecule has 0 saturated carbocycles. The van der Waals surface area contributed by atoms with E-state index in [4.69, 9.17) is 0 Å². The monoisotopic (exact) mass is 322 g/mol. The Balaban J connectivity index is 1.46. The first-order chi connectivity index (χ1) is 11.8. The van der Waals surface area contributed by atoms with E-state index in [2.05, 4.69) is 39.4 Å². The molecule has 0 unspecified atom stereocenters. The van der Waals surface area contributed by atoms with Crippen molar-refractivity contribution in [2.75, 3.05) is 31.1 Å². The highest BCUT2D eigenvalue weighted by Crippen LogP contribution is 2.25. The predicted octanol–water partition coefficient (Wildman–Crippen LogP) is 2.63. The number of hydrogen-bond donors (Lipinski definition) is 0. The Morgan fingerprint density at radius 1 is 1.08 bits per heavy atom. The summed E-state index contributed by atoms with van der Waals surface area (Å²) in [4.78, 5) is 16.9. The van der Waals surface area contributed by atoms with Crippen molar-refractivity contribution in [3.05, 3.63) is 42.6 Å². The highest BCUT2D eigenvalue weighted by Gasteiger charge is 2.28. The van der Waals surface area contributed by atoms with Crippen molar-refractivity contribution in [1.82, 2.24) is 15.1 Å². The number of benzene rings is 1. The molecule has 1 aliphatic carbocycles. The van der Waals surface area contributed by atoms with Gasteiger partial charge >= 0.3 is 0 Å². The van der Waals surface area contributed by atoms with Crippen LogP contribution in [0.5, 0.6) is 0 Å². The summed E-state index contributed by atoms with van der Waals surface area (Å²) >= 11 is 0. The molecule has 1 fully saturated rings. The summed E-state index contributed by atoms with van der Waals surface area (Å²) in [6.07, 6.45) is 9.05. The highest BCUT2D eigenvalue weighted by molar-refractivity contribution is 5.91. The summed E-state index contributed by atoms with van der Waals surface area (Å²) < 4.78 is 0. The maximum absolute atomic E-state index is 12.7.